The molecule has 0 fully saturated rings. The molecule has 0 atom stereocenters. The molecule has 0 aliphatic carbocycles. The second-order valence-electron chi connectivity index (χ2n) is 4.63. The summed E-state index contributed by atoms with van der Waals surface area (Å²) in [5.74, 6) is -0.373. The number of aromatic hydroxyl groups is 1. The molecule has 2 rings (SSSR count). The van der Waals surface area contributed by atoms with Crippen LogP contribution in [0.3, 0.4) is 0 Å². The van der Waals surface area contributed by atoms with E-state index in [-0.39, 0.29) is 24.5 Å². The largest absolute Gasteiger partial charge is 0.508 e. The summed E-state index contributed by atoms with van der Waals surface area (Å²) >= 11 is 0. The summed E-state index contributed by atoms with van der Waals surface area (Å²) in [6.07, 6.45) is 0.266. The van der Waals surface area contributed by atoms with Crippen LogP contribution in [0.4, 0.5) is 0 Å². The molecule has 22 heavy (non-hydrogen) atoms. The van der Waals surface area contributed by atoms with E-state index in [2.05, 4.69) is 5.16 Å². The minimum Gasteiger partial charge on any atom is -0.508 e. The van der Waals surface area contributed by atoms with Gasteiger partial charge in [-0.05, 0) is 23.3 Å². The van der Waals surface area contributed by atoms with E-state index >= 15 is 0 Å². The van der Waals surface area contributed by atoms with Gasteiger partial charge in [-0.1, -0.05) is 47.6 Å². The molecule has 1 N–H and O–H groups in total. The van der Waals surface area contributed by atoms with E-state index in [1.807, 2.05) is 30.3 Å². The highest BCUT2D eigenvalue weighted by Crippen LogP contribution is 2.11. The van der Waals surface area contributed by atoms with Gasteiger partial charge in [0.2, 0.25) is 0 Å². The van der Waals surface area contributed by atoms with Crippen molar-refractivity contribution in [3.05, 3.63) is 65.7 Å². The van der Waals surface area contributed by atoms with E-state index in [9.17, 15) is 9.90 Å². The normalized spacial score (nSPS) is 11.0. The first-order valence-corrected chi connectivity index (χ1v) is 6.78. The molecule has 5 heteroatoms. The Labute approximate surface area is 128 Å². The van der Waals surface area contributed by atoms with Gasteiger partial charge in [-0.15, -0.1) is 0 Å². The number of ether oxygens (including phenoxy) is 1. The van der Waals surface area contributed by atoms with Crippen molar-refractivity contribution in [3.63, 3.8) is 0 Å². The van der Waals surface area contributed by atoms with Crippen LogP contribution in [0.2, 0.25) is 0 Å². The van der Waals surface area contributed by atoms with Crippen molar-refractivity contribution in [1.29, 1.82) is 0 Å². The number of hydrogen-bond acceptors (Lipinski definition) is 5. The Kier molecular flexibility index (Phi) is 5.54. The molecule has 5 nitrogen and oxygen atoms in total. The predicted molar refractivity (Wildman–Crippen MR) is 82.5 cm³/mol. The highest BCUT2D eigenvalue weighted by atomic mass is 16.6. The first kappa shape index (κ1) is 15.6. The standard InChI is InChI=1S/C17H17NO4/c1-21-17(20)16(11-13-7-9-15(19)10-8-13)18-22-12-14-5-3-2-4-6-14/h2-10,19H,11-12H2,1H3. The molecule has 0 saturated carbocycles. The number of esters is 1. The molecule has 114 valence electrons. The van der Waals surface area contributed by atoms with Crippen molar-refractivity contribution in [2.75, 3.05) is 7.11 Å². The number of oxime groups is 1. The number of carbonyl (C=O) groups excluding carboxylic acids is 1. The van der Waals surface area contributed by atoms with Gasteiger partial charge in [0.1, 0.15) is 12.4 Å². The average molecular weight is 299 g/mol. The van der Waals surface area contributed by atoms with Gasteiger partial charge in [0.15, 0.2) is 5.71 Å². The van der Waals surface area contributed by atoms with Gasteiger partial charge in [-0.3, -0.25) is 0 Å². The summed E-state index contributed by atoms with van der Waals surface area (Å²) in [7, 11) is 1.30. The Bertz CT molecular complexity index is 635. The fraction of sp³-hybridized carbons (Fsp3) is 0.176. The summed E-state index contributed by atoms with van der Waals surface area (Å²) in [6, 6.07) is 16.1. The van der Waals surface area contributed by atoms with Crippen LogP contribution in [0, 0.1) is 0 Å². The summed E-state index contributed by atoms with van der Waals surface area (Å²) in [5.41, 5.74) is 1.95. The van der Waals surface area contributed by atoms with Crippen LogP contribution in [0.25, 0.3) is 0 Å². The Balaban J connectivity index is 2.03. The van der Waals surface area contributed by atoms with E-state index < -0.39 is 5.97 Å². The molecule has 0 unspecified atom stereocenters. The van der Waals surface area contributed by atoms with Crippen molar-refractivity contribution >= 4 is 11.7 Å². The number of phenolic OH excluding ortho intramolecular Hbond substituents is 1. The number of rotatable bonds is 6. The number of phenols is 1. The molecule has 0 radical (unpaired) electrons. The number of carbonyl (C=O) groups is 1. The van der Waals surface area contributed by atoms with Crippen LogP contribution >= 0.6 is 0 Å². The maximum atomic E-state index is 11.7. The lowest BCUT2D eigenvalue weighted by Crippen LogP contribution is -2.19. The van der Waals surface area contributed by atoms with Crippen LogP contribution in [-0.2, 0) is 27.4 Å². The van der Waals surface area contributed by atoms with Crippen LogP contribution in [0.15, 0.2) is 59.8 Å². The second kappa shape index (κ2) is 7.83. The molecule has 2 aromatic carbocycles. The molecular weight excluding hydrogens is 282 g/mol. The van der Waals surface area contributed by atoms with Crippen LogP contribution < -0.4 is 0 Å². The van der Waals surface area contributed by atoms with Crippen LogP contribution in [-0.4, -0.2) is 23.9 Å². The number of nitrogens with zero attached hydrogens (tertiary/aromatic N) is 1. The van der Waals surface area contributed by atoms with E-state index in [1.54, 1.807) is 24.3 Å². The third-order valence-corrected chi connectivity index (χ3v) is 2.98. The lowest BCUT2D eigenvalue weighted by molar-refractivity contribution is -0.133. The van der Waals surface area contributed by atoms with Gasteiger partial charge in [-0.25, -0.2) is 4.79 Å². The Hall–Kier alpha value is -2.82. The smallest absolute Gasteiger partial charge is 0.356 e. The summed E-state index contributed by atoms with van der Waals surface area (Å²) in [6.45, 7) is 0.275. The molecular formula is C17H17NO4. The van der Waals surface area contributed by atoms with Crippen molar-refractivity contribution in [1.82, 2.24) is 0 Å². The number of benzene rings is 2. The van der Waals surface area contributed by atoms with Crippen molar-refractivity contribution in [2.45, 2.75) is 13.0 Å². The van der Waals surface area contributed by atoms with E-state index in [0.717, 1.165) is 11.1 Å². The summed E-state index contributed by atoms with van der Waals surface area (Å²) in [4.78, 5) is 17.0. The van der Waals surface area contributed by atoms with Gasteiger partial charge in [0.25, 0.3) is 0 Å². The van der Waals surface area contributed by atoms with E-state index in [4.69, 9.17) is 9.57 Å². The average Bonchev–Trinajstić information content (AvgIpc) is 2.56. The molecule has 2 aromatic rings. The van der Waals surface area contributed by atoms with Crippen molar-refractivity contribution < 1.29 is 19.5 Å². The lowest BCUT2D eigenvalue weighted by atomic mass is 10.1. The molecule has 0 amide bonds. The molecule has 0 aromatic heterocycles. The quantitative estimate of drug-likeness (QED) is 0.506. The molecule has 0 aliphatic heterocycles. The highest BCUT2D eigenvalue weighted by molar-refractivity contribution is 6.36. The monoisotopic (exact) mass is 299 g/mol. The number of hydrogen-bond donors (Lipinski definition) is 1. The molecule has 0 heterocycles. The molecule has 0 saturated heterocycles. The summed E-state index contributed by atoms with van der Waals surface area (Å²) in [5, 5.41) is 13.2. The van der Waals surface area contributed by atoms with Gasteiger partial charge >= 0.3 is 5.97 Å². The molecule has 0 bridgehead atoms. The Morgan fingerprint density at radius 1 is 1.05 bits per heavy atom. The van der Waals surface area contributed by atoms with Crippen LogP contribution in [0.5, 0.6) is 5.75 Å². The highest BCUT2D eigenvalue weighted by Gasteiger charge is 2.14. The predicted octanol–water partition coefficient (Wildman–Crippen LogP) is 2.68. The zero-order chi connectivity index (χ0) is 15.8. The SMILES string of the molecule is COC(=O)C(Cc1ccc(O)cc1)=NOCc1ccccc1. The first-order valence-electron chi connectivity index (χ1n) is 6.78. The van der Waals surface area contributed by atoms with Gasteiger partial charge in [0.05, 0.1) is 7.11 Å². The second-order valence-corrected chi connectivity index (χ2v) is 4.63. The first-order chi connectivity index (χ1) is 10.7. The third-order valence-electron chi connectivity index (χ3n) is 2.98. The molecule has 0 aliphatic rings. The van der Waals surface area contributed by atoms with Crippen molar-refractivity contribution in [3.8, 4) is 5.75 Å². The van der Waals surface area contributed by atoms with E-state index in [0.29, 0.717) is 0 Å². The maximum absolute atomic E-state index is 11.7. The molecule has 0 spiro atoms. The Morgan fingerprint density at radius 3 is 2.36 bits per heavy atom. The minimum absolute atomic E-state index is 0.167. The Morgan fingerprint density at radius 2 is 1.73 bits per heavy atom. The number of methoxy groups -OCH3 is 1. The van der Waals surface area contributed by atoms with Gasteiger partial charge in [-0.2, -0.15) is 0 Å². The fourth-order valence-electron chi connectivity index (χ4n) is 1.83. The van der Waals surface area contributed by atoms with Crippen LogP contribution in [0.1, 0.15) is 11.1 Å². The summed E-state index contributed by atoms with van der Waals surface area (Å²) < 4.78 is 4.71. The van der Waals surface area contributed by atoms with Gasteiger partial charge in [0, 0.05) is 6.42 Å². The van der Waals surface area contributed by atoms with Crippen molar-refractivity contribution in [2.24, 2.45) is 5.16 Å². The third kappa shape index (κ3) is 4.63. The topological polar surface area (TPSA) is 68.1 Å². The zero-order valence-electron chi connectivity index (χ0n) is 12.2. The van der Waals surface area contributed by atoms with Gasteiger partial charge < -0.3 is 14.7 Å². The zero-order valence-corrected chi connectivity index (χ0v) is 12.2. The van der Waals surface area contributed by atoms with E-state index in [1.165, 1.54) is 7.11 Å². The fourth-order valence-corrected chi connectivity index (χ4v) is 1.83. The lowest BCUT2D eigenvalue weighted by Gasteiger charge is -2.06. The minimum atomic E-state index is -0.541. The maximum Gasteiger partial charge on any atom is 0.356 e.